The summed E-state index contributed by atoms with van der Waals surface area (Å²) in [6.07, 6.45) is -0.605. The lowest BCUT2D eigenvalue weighted by atomic mass is 9.91. The minimum atomic E-state index is -3.78. The fourth-order valence-electron chi connectivity index (χ4n) is 3.80. The van der Waals surface area contributed by atoms with Crippen molar-refractivity contribution in [2.24, 2.45) is 5.92 Å². The summed E-state index contributed by atoms with van der Waals surface area (Å²) in [6.45, 7) is 7.25. The second-order valence-corrected chi connectivity index (χ2v) is 9.73. The molecule has 1 aliphatic heterocycles. The van der Waals surface area contributed by atoms with Crippen molar-refractivity contribution in [3.63, 3.8) is 0 Å². The number of hydrogen-bond donors (Lipinski definition) is 0. The fourth-order valence-corrected chi connectivity index (χ4v) is 5.84. The van der Waals surface area contributed by atoms with Gasteiger partial charge < -0.3 is 4.74 Å². The van der Waals surface area contributed by atoms with Crippen molar-refractivity contribution in [3.05, 3.63) is 66.2 Å². The first-order valence-corrected chi connectivity index (χ1v) is 10.6. The minimum Gasteiger partial charge on any atom is -0.441 e. The third-order valence-electron chi connectivity index (χ3n) is 4.85. The average molecular weight is 388 g/mol. The molecule has 0 saturated carbocycles. The number of carbonyl (C=O) groups excluding carboxylic acids is 1. The van der Waals surface area contributed by atoms with Gasteiger partial charge in [0.2, 0.25) is 0 Å². The summed E-state index contributed by atoms with van der Waals surface area (Å²) in [5.41, 5.74) is -0.000104. The molecule has 0 unspecified atom stereocenters. The van der Waals surface area contributed by atoms with Gasteiger partial charge in [-0.3, -0.25) is 4.90 Å². The first-order chi connectivity index (χ1) is 12.7. The second-order valence-electron chi connectivity index (χ2n) is 7.68. The lowest BCUT2D eigenvalue weighted by Crippen LogP contribution is -2.47. The van der Waals surface area contributed by atoms with E-state index in [1.54, 1.807) is 30.3 Å². The highest BCUT2D eigenvalue weighted by atomic mass is 32.2. The number of cyclic esters (lactones) is 1. The molecule has 1 aliphatic rings. The van der Waals surface area contributed by atoms with E-state index in [1.165, 1.54) is 4.90 Å². The highest BCUT2D eigenvalue weighted by molar-refractivity contribution is 7.92. The van der Waals surface area contributed by atoms with Gasteiger partial charge in [0, 0.05) is 0 Å². The molecular weight excluding hydrogens is 362 g/mol. The van der Waals surface area contributed by atoms with Gasteiger partial charge in [-0.25, -0.2) is 13.2 Å². The Morgan fingerprint density at radius 3 is 2.00 bits per heavy atom. The third-order valence-corrected chi connectivity index (χ3v) is 7.18. The van der Waals surface area contributed by atoms with E-state index in [4.69, 9.17) is 4.74 Å². The van der Waals surface area contributed by atoms with E-state index >= 15 is 0 Å². The molecule has 144 valence electrons. The molecule has 27 heavy (non-hydrogen) atoms. The normalized spacial score (nSPS) is 20.6. The predicted molar refractivity (Wildman–Crippen MR) is 104 cm³/mol. The van der Waals surface area contributed by atoms with Crippen molar-refractivity contribution in [1.29, 1.82) is 0 Å². The van der Waals surface area contributed by atoms with Gasteiger partial charge in [-0.2, -0.15) is 0 Å². The van der Waals surface area contributed by atoms with Crippen LogP contribution >= 0.6 is 0 Å². The Hall–Kier alpha value is -2.34. The topological polar surface area (TPSA) is 63.7 Å². The van der Waals surface area contributed by atoms with Crippen molar-refractivity contribution < 1.29 is 17.9 Å². The van der Waals surface area contributed by atoms with Gasteiger partial charge in [0.1, 0.15) is 17.0 Å². The van der Waals surface area contributed by atoms with E-state index in [1.807, 2.05) is 58.0 Å². The number of benzene rings is 2. The molecule has 1 fully saturated rings. The average Bonchev–Trinajstić information content (AvgIpc) is 2.84. The Balaban J connectivity index is 2.15. The maximum Gasteiger partial charge on any atom is 0.412 e. The number of sulfone groups is 1. The van der Waals surface area contributed by atoms with Crippen LogP contribution in [0.3, 0.4) is 0 Å². The van der Waals surface area contributed by atoms with E-state index in [2.05, 4.69) is 0 Å². The molecule has 6 heteroatoms. The molecule has 0 spiro atoms. The smallest absolute Gasteiger partial charge is 0.412 e. The molecule has 1 saturated heterocycles. The van der Waals surface area contributed by atoms with Gasteiger partial charge in [0.15, 0.2) is 9.84 Å². The van der Waals surface area contributed by atoms with Crippen molar-refractivity contribution >= 4 is 15.9 Å². The number of amides is 1. The number of hydrogen-bond acceptors (Lipinski definition) is 4. The number of carbonyl (C=O) groups is 1. The molecule has 3 rings (SSSR count). The molecule has 1 heterocycles. The number of rotatable bonds is 5. The van der Waals surface area contributed by atoms with Crippen LogP contribution in [0.5, 0.6) is 0 Å². The van der Waals surface area contributed by atoms with Crippen molar-refractivity contribution in [2.75, 3.05) is 0 Å². The predicted octanol–water partition coefficient (Wildman–Crippen LogP) is 4.41. The summed E-state index contributed by atoms with van der Waals surface area (Å²) in [6, 6.07) is 17.2. The van der Waals surface area contributed by atoms with Crippen LogP contribution in [-0.4, -0.2) is 30.4 Å². The van der Waals surface area contributed by atoms with Crippen LogP contribution in [0.1, 0.15) is 39.3 Å². The molecular formula is C21H25NO4S. The lowest BCUT2D eigenvalue weighted by molar-refractivity contribution is 0.0672. The molecule has 0 aromatic heterocycles. The van der Waals surface area contributed by atoms with Crippen LogP contribution in [-0.2, 0) is 14.6 Å². The van der Waals surface area contributed by atoms with E-state index in [9.17, 15) is 13.2 Å². The van der Waals surface area contributed by atoms with Crippen LogP contribution in [0.15, 0.2) is 65.6 Å². The van der Waals surface area contributed by atoms with Crippen LogP contribution in [0.4, 0.5) is 4.79 Å². The highest BCUT2D eigenvalue weighted by Crippen LogP contribution is 2.45. The summed E-state index contributed by atoms with van der Waals surface area (Å²) in [5, 5.41) is -1.03. The molecule has 2 aromatic carbocycles. The molecule has 2 atom stereocenters. The molecule has 0 N–H and O–H groups in total. The zero-order chi connectivity index (χ0) is 19.8. The van der Waals surface area contributed by atoms with Crippen LogP contribution in [0, 0.1) is 5.92 Å². The Morgan fingerprint density at radius 2 is 1.48 bits per heavy atom. The second kappa shape index (κ2) is 7.00. The molecule has 0 radical (unpaired) electrons. The summed E-state index contributed by atoms with van der Waals surface area (Å²) >= 11 is 0. The SMILES string of the molecule is CC(C)[C@@H](N1C(=O)OC(C)(C)[C@H]1c1ccccc1)S(=O)(=O)c1ccccc1. The number of ether oxygens (including phenoxy) is 1. The van der Waals surface area contributed by atoms with Crippen molar-refractivity contribution in [1.82, 2.24) is 4.90 Å². The first-order valence-electron chi connectivity index (χ1n) is 9.01. The summed E-state index contributed by atoms with van der Waals surface area (Å²) in [5.74, 6) is -0.317. The Bertz CT molecular complexity index is 908. The quantitative estimate of drug-likeness (QED) is 0.762. The zero-order valence-electron chi connectivity index (χ0n) is 16.0. The Kier molecular flexibility index (Phi) is 5.04. The minimum absolute atomic E-state index is 0.202. The first kappa shape index (κ1) is 19.4. The standard InChI is InChI=1S/C21H25NO4S/c1-15(2)19(27(24,25)17-13-9-6-10-14-17)22-18(16-11-7-5-8-12-16)21(3,4)26-20(22)23/h5-15,18-19H,1-4H3/t18-,19+/m1/s1. The Morgan fingerprint density at radius 1 is 0.963 bits per heavy atom. The summed E-state index contributed by atoms with van der Waals surface area (Å²) < 4.78 is 32.5. The Labute approximate surface area is 160 Å². The van der Waals surface area contributed by atoms with Gasteiger partial charge in [-0.15, -0.1) is 0 Å². The van der Waals surface area contributed by atoms with E-state index in [0.717, 1.165) is 5.56 Å². The van der Waals surface area contributed by atoms with Crippen molar-refractivity contribution in [2.45, 2.75) is 49.6 Å². The molecule has 1 amide bonds. The molecule has 0 bridgehead atoms. The third kappa shape index (κ3) is 3.46. The van der Waals surface area contributed by atoms with Gasteiger partial charge in [0.05, 0.1) is 4.90 Å². The van der Waals surface area contributed by atoms with E-state index in [-0.39, 0.29) is 10.8 Å². The summed E-state index contributed by atoms with van der Waals surface area (Å²) in [4.78, 5) is 14.4. The number of nitrogens with zero attached hydrogens (tertiary/aromatic N) is 1. The van der Waals surface area contributed by atoms with Gasteiger partial charge >= 0.3 is 6.09 Å². The molecule has 5 nitrogen and oxygen atoms in total. The summed E-state index contributed by atoms with van der Waals surface area (Å²) in [7, 11) is -3.78. The van der Waals surface area contributed by atoms with E-state index < -0.39 is 32.9 Å². The molecule has 2 aromatic rings. The maximum absolute atomic E-state index is 13.4. The van der Waals surface area contributed by atoms with Crippen LogP contribution in [0.25, 0.3) is 0 Å². The van der Waals surface area contributed by atoms with Gasteiger partial charge in [-0.05, 0) is 37.5 Å². The van der Waals surface area contributed by atoms with Gasteiger partial charge in [-0.1, -0.05) is 62.4 Å². The van der Waals surface area contributed by atoms with Crippen molar-refractivity contribution in [3.8, 4) is 0 Å². The zero-order valence-corrected chi connectivity index (χ0v) is 16.8. The lowest BCUT2D eigenvalue weighted by Gasteiger charge is -2.36. The van der Waals surface area contributed by atoms with E-state index in [0.29, 0.717) is 0 Å². The maximum atomic E-state index is 13.4. The molecule has 0 aliphatic carbocycles. The largest absolute Gasteiger partial charge is 0.441 e. The fraction of sp³-hybridized carbons (Fsp3) is 0.381. The van der Waals surface area contributed by atoms with Crippen LogP contribution < -0.4 is 0 Å². The monoisotopic (exact) mass is 387 g/mol. The van der Waals surface area contributed by atoms with Gasteiger partial charge in [0.25, 0.3) is 0 Å². The highest BCUT2D eigenvalue weighted by Gasteiger charge is 2.54. The van der Waals surface area contributed by atoms with Crippen LogP contribution in [0.2, 0.25) is 0 Å².